The Hall–Kier alpha value is -0.0800. The molecular formula is C10H21NO. The number of aliphatic hydroxyl groups excluding tert-OH is 1. The monoisotopic (exact) mass is 171 g/mol. The smallest absolute Gasteiger partial charge is 0.0662 e. The highest BCUT2D eigenvalue weighted by Crippen LogP contribution is 2.39. The van der Waals surface area contributed by atoms with Crippen LogP contribution in [0.15, 0.2) is 0 Å². The fourth-order valence-electron chi connectivity index (χ4n) is 1.54. The minimum absolute atomic E-state index is 0.224. The molecular weight excluding hydrogens is 150 g/mol. The van der Waals surface area contributed by atoms with E-state index in [-0.39, 0.29) is 12.1 Å². The normalized spacial score (nSPS) is 26.0. The molecule has 0 aromatic rings. The van der Waals surface area contributed by atoms with E-state index in [4.69, 9.17) is 0 Å². The lowest BCUT2D eigenvalue weighted by molar-refractivity contribution is 0.115. The van der Waals surface area contributed by atoms with Gasteiger partial charge in [-0.15, -0.1) is 0 Å². The van der Waals surface area contributed by atoms with Crippen LogP contribution in [0, 0.1) is 5.41 Å². The third kappa shape index (κ3) is 2.46. The van der Waals surface area contributed by atoms with Crippen molar-refractivity contribution in [2.75, 3.05) is 6.54 Å². The van der Waals surface area contributed by atoms with Crippen LogP contribution in [0.5, 0.6) is 0 Å². The molecule has 2 unspecified atom stereocenters. The molecule has 0 saturated heterocycles. The molecule has 0 radical (unpaired) electrons. The van der Waals surface area contributed by atoms with Gasteiger partial charge in [-0.1, -0.05) is 13.3 Å². The van der Waals surface area contributed by atoms with Crippen molar-refractivity contribution in [1.29, 1.82) is 0 Å². The van der Waals surface area contributed by atoms with E-state index in [1.807, 2.05) is 13.8 Å². The van der Waals surface area contributed by atoms with Crippen LogP contribution in [-0.4, -0.2) is 23.8 Å². The molecule has 2 N–H and O–H groups in total. The molecule has 0 aliphatic heterocycles. The first-order chi connectivity index (χ1) is 5.53. The average molecular weight is 171 g/mol. The molecule has 2 atom stereocenters. The second-order valence-electron chi connectivity index (χ2n) is 4.57. The highest BCUT2D eigenvalue weighted by molar-refractivity contribution is 4.86. The lowest BCUT2D eigenvalue weighted by Crippen LogP contribution is -2.44. The van der Waals surface area contributed by atoms with Crippen LogP contribution in [0.2, 0.25) is 0 Å². The van der Waals surface area contributed by atoms with Gasteiger partial charge in [-0.3, -0.25) is 0 Å². The highest BCUT2D eigenvalue weighted by atomic mass is 16.3. The van der Waals surface area contributed by atoms with E-state index < -0.39 is 0 Å². The molecule has 0 heterocycles. The average Bonchev–Trinajstić information content (AvgIpc) is 1.96. The van der Waals surface area contributed by atoms with Gasteiger partial charge < -0.3 is 10.4 Å². The summed E-state index contributed by atoms with van der Waals surface area (Å²) in [6, 6.07) is 0.224. The molecule has 0 amide bonds. The molecule has 0 aromatic carbocycles. The second-order valence-corrected chi connectivity index (χ2v) is 4.57. The van der Waals surface area contributed by atoms with Crippen LogP contribution in [-0.2, 0) is 0 Å². The van der Waals surface area contributed by atoms with E-state index in [0.717, 1.165) is 6.54 Å². The van der Waals surface area contributed by atoms with Gasteiger partial charge in [-0.05, 0) is 32.1 Å². The first-order valence-corrected chi connectivity index (χ1v) is 4.95. The third-order valence-electron chi connectivity index (χ3n) is 3.14. The zero-order valence-electron chi connectivity index (χ0n) is 8.43. The van der Waals surface area contributed by atoms with Crippen molar-refractivity contribution in [3.05, 3.63) is 0 Å². The van der Waals surface area contributed by atoms with E-state index in [0.29, 0.717) is 5.41 Å². The summed E-state index contributed by atoms with van der Waals surface area (Å²) < 4.78 is 0. The number of rotatable bonds is 4. The maximum absolute atomic E-state index is 9.25. The minimum Gasteiger partial charge on any atom is -0.392 e. The molecule has 1 rings (SSSR count). The molecule has 2 nitrogen and oxygen atoms in total. The fourth-order valence-corrected chi connectivity index (χ4v) is 1.54. The number of nitrogens with one attached hydrogen (secondary N) is 1. The summed E-state index contributed by atoms with van der Waals surface area (Å²) >= 11 is 0. The van der Waals surface area contributed by atoms with Gasteiger partial charge in [-0.2, -0.15) is 0 Å². The Morgan fingerprint density at radius 1 is 1.42 bits per heavy atom. The van der Waals surface area contributed by atoms with Crippen LogP contribution in [0.3, 0.4) is 0 Å². The number of hydrogen-bond donors (Lipinski definition) is 2. The van der Waals surface area contributed by atoms with Crippen LogP contribution in [0.25, 0.3) is 0 Å². The lowest BCUT2D eigenvalue weighted by Gasteiger charge is -2.39. The Labute approximate surface area is 75.4 Å². The molecule has 1 aliphatic rings. The molecule has 2 heteroatoms. The van der Waals surface area contributed by atoms with Gasteiger partial charge in [0.2, 0.25) is 0 Å². The molecule has 0 bridgehead atoms. The molecule has 1 fully saturated rings. The molecule has 1 aliphatic carbocycles. The van der Waals surface area contributed by atoms with E-state index in [1.54, 1.807) is 0 Å². The summed E-state index contributed by atoms with van der Waals surface area (Å²) in [4.78, 5) is 0. The van der Waals surface area contributed by atoms with Crippen LogP contribution < -0.4 is 5.32 Å². The number of hydrogen-bond acceptors (Lipinski definition) is 2. The first kappa shape index (κ1) is 10.0. The van der Waals surface area contributed by atoms with Gasteiger partial charge >= 0.3 is 0 Å². The molecule has 72 valence electrons. The summed E-state index contributed by atoms with van der Waals surface area (Å²) in [7, 11) is 0. The molecule has 0 spiro atoms. The Kier molecular flexibility index (Phi) is 3.13. The van der Waals surface area contributed by atoms with Gasteiger partial charge in [0.15, 0.2) is 0 Å². The van der Waals surface area contributed by atoms with Gasteiger partial charge in [0.25, 0.3) is 0 Å². The first-order valence-electron chi connectivity index (χ1n) is 4.95. The maximum atomic E-state index is 9.25. The summed E-state index contributed by atoms with van der Waals surface area (Å²) in [5, 5.41) is 12.6. The van der Waals surface area contributed by atoms with Crippen molar-refractivity contribution >= 4 is 0 Å². The standard InChI is InChI=1S/C10H21NO/c1-8(9(2)12)11-7-10(3)5-4-6-10/h8-9,11-12H,4-7H2,1-3H3. The van der Waals surface area contributed by atoms with Gasteiger partial charge in [0.1, 0.15) is 0 Å². The summed E-state index contributed by atoms with van der Waals surface area (Å²) in [6.07, 6.45) is 3.81. The Balaban J connectivity index is 2.16. The van der Waals surface area contributed by atoms with Crippen molar-refractivity contribution in [2.24, 2.45) is 5.41 Å². The van der Waals surface area contributed by atoms with Crippen LogP contribution >= 0.6 is 0 Å². The lowest BCUT2D eigenvalue weighted by atomic mass is 9.70. The highest BCUT2D eigenvalue weighted by Gasteiger charge is 2.31. The van der Waals surface area contributed by atoms with E-state index in [9.17, 15) is 5.11 Å². The Bertz CT molecular complexity index is 141. The zero-order chi connectivity index (χ0) is 9.19. The third-order valence-corrected chi connectivity index (χ3v) is 3.14. The van der Waals surface area contributed by atoms with Crippen LogP contribution in [0.4, 0.5) is 0 Å². The Morgan fingerprint density at radius 2 is 2.00 bits per heavy atom. The van der Waals surface area contributed by atoms with Crippen molar-refractivity contribution in [2.45, 2.75) is 52.2 Å². The predicted octanol–water partition coefficient (Wildman–Crippen LogP) is 1.54. The quantitative estimate of drug-likeness (QED) is 0.672. The SMILES string of the molecule is CC(O)C(C)NCC1(C)CCC1. The van der Waals surface area contributed by atoms with Crippen molar-refractivity contribution in [3.8, 4) is 0 Å². The van der Waals surface area contributed by atoms with Gasteiger partial charge in [0.05, 0.1) is 6.10 Å². The van der Waals surface area contributed by atoms with Crippen molar-refractivity contribution in [1.82, 2.24) is 5.32 Å². The van der Waals surface area contributed by atoms with Crippen molar-refractivity contribution in [3.63, 3.8) is 0 Å². The number of aliphatic hydroxyl groups is 1. The Morgan fingerprint density at radius 3 is 2.33 bits per heavy atom. The fraction of sp³-hybridized carbons (Fsp3) is 1.00. The van der Waals surface area contributed by atoms with E-state index in [2.05, 4.69) is 12.2 Å². The van der Waals surface area contributed by atoms with Crippen LogP contribution in [0.1, 0.15) is 40.0 Å². The van der Waals surface area contributed by atoms with E-state index >= 15 is 0 Å². The molecule has 12 heavy (non-hydrogen) atoms. The molecule has 1 saturated carbocycles. The summed E-state index contributed by atoms with van der Waals surface area (Å²) in [5.41, 5.74) is 0.517. The second kappa shape index (κ2) is 3.75. The minimum atomic E-state index is -0.242. The summed E-state index contributed by atoms with van der Waals surface area (Å²) in [5.74, 6) is 0. The van der Waals surface area contributed by atoms with Crippen molar-refractivity contribution < 1.29 is 5.11 Å². The maximum Gasteiger partial charge on any atom is 0.0662 e. The van der Waals surface area contributed by atoms with E-state index in [1.165, 1.54) is 19.3 Å². The topological polar surface area (TPSA) is 32.3 Å². The van der Waals surface area contributed by atoms with Gasteiger partial charge in [0, 0.05) is 12.6 Å². The zero-order valence-corrected chi connectivity index (χ0v) is 8.43. The molecule has 0 aromatic heterocycles. The predicted molar refractivity (Wildman–Crippen MR) is 51.1 cm³/mol. The van der Waals surface area contributed by atoms with Gasteiger partial charge in [-0.25, -0.2) is 0 Å². The largest absolute Gasteiger partial charge is 0.392 e. The summed E-state index contributed by atoms with van der Waals surface area (Å²) in [6.45, 7) is 7.24.